The fourth-order valence-electron chi connectivity index (χ4n) is 2.48. The zero-order valence-electron chi connectivity index (χ0n) is 11.2. The Hall–Kier alpha value is -1.03. The van der Waals surface area contributed by atoms with Crippen LogP contribution in [0.2, 0.25) is 0 Å². The zero-order chi connectivity index (χ0) is 12.4. The highest BCUT2D eigenvalue weighted by atomic mass is 15.3. The molecule has 1 aromatic rings. The van der Waals surface area contributed by atoms with Gasteiger partial charge in [-0.25, -0.2) is 0 Å². The second-order valence-electron chi connectivity index (χ2n) is 5.52. The molecule has 1 aromatic heterocycles. The molecule has 4 heteroatoms. The minimum Gasteiger partial charge on any atom is -0.369 e. The molecular formula is C13H24N4. The Balaban J connectivity index is 2.14. The van der Waals surface area contributed by atoms with E-state index < -0.39 is 0 Å². The highest BCUT2D eigenvalue weighted by molar-refractivity contribution is 5.50. The Morgan fingerprint density at radius 2 is 2.06 bits per heavy atom. The van der Waals surface area contributed by atoms with Crippen LogP contribution in [-0.4, -0.2) is 28.9 Å². The third-order valence-electron chi connectivity index (χ3n) is 3.52. The van der Waals surface area contributed by atoms with Crippen LogP contribution in [0.15, 0.2) is 6.20 Å². The van der Waals surface area contributed by atoms with E-state index in [0.29, 0.717) is 12.0 Å². The van der Waals surface area contributed by atoms with Gasteiger partial charge in [-0.1, -0.05) is 13.8 Å². The number of hydrogen-bond donors (Lipinski definition) is 1. The standard InChI is InChI=1S/C13H24N4/c1-10(2)8-12-13(9-15-16(12)3)17-6-4-11(14)5-7-17/h9-11H,4-8,14H2,1-3H3. The first-order valence-corrected chi connectivity index (χ1v) is 6.59. The third kappa shape index (κ3) is 2.80. The van der Waals surface area contributed by atoms with E-state index in [1.54, 1.807) is 0 Å². The molecule has 2 N–H and O–H groups in total. The van der Waals surface area contributed by atoms with Gasteiger partial charge in [0.25, 0.3) is 0 Å². The lowest BCUT2D eigenvalue weighted by atomic mass is 10.0. The first-order valence-electron chi connectivity index (χ1n) is 6.59. The Bertz CT molecular complexity index is 361. The van der Waals surface area contributed by atoms with Crippen LogP contribution in [-0.2, 0) is 13.5 Å². The molecule has 4 nitrogen and oxygen atoms in total. The van der Waals surface area contributed by atoms with Crippen molar-refractivity contribution in [3.05, 3.63) is 11.9 Å². The van der Waals surface area contributed by atoms with Crippen LogP contribution >= 0.6 is 0 Å². The van der Waals surface area contributed by atoms with Gasteiger partial charge in [0.05, 0.1) is 17.6 Å². The highest BCUT2D eigenvalue weighted by Gasteiger charge is 2.21. The fourth-order valence-corrected chi connectivity index (χ4v) is 2.48. The Labute approximate surface area is 104 Å². The normalized spacial score (nSPS) is 18.1. The first kappa shape index (κ1) is 12.4. The summed E-state index contributed by atoms with van der Waals surface area (Å²) in [7, 11) is 2.04. The van der Waals surface area contributed by atoms with Gasteiger partial charge in [0.1, 0.15) is 0 Å². The van der Waals surface area contributed by atoms with Crippen molar-refractivity contribution in [1.29, 1.82) is 0 Å². The van der Waals surface area contributed by atoms with Crippen LogP contribution < -0.4 is 10.6 Å². The summed E-state index contributed by atoms with van der Waals surface area (Å²) in [4.78, 5) is 2.44. The minimum absolute atomic E-state index is 0.386. The lowest BCUT2D eigenvalue weighted by Crippen LogP contribution is -2.40. The van der Waals surface area contributed by atoms with Crippen LogP contribution in [0.1, 0.15) is 32.4 Å². The number of aryl methyl sites for hydroxylation is 1. The van der Waals surface area contributed by atoms with Crippen molar-refractivity contribution >= 4 is 5.69 Å². The maximum atomic E-state index is 5.95. The van der Waals surface area contributed by atoms with Crippen LogP contribution in [0.3, 0.4) is 0 Å². The van der Waals surface area contributed by atoms with Crippen molar-refractivity contribution in [2.24, 2.45) is 18.7 Å². The molecule has 17 heavy (non-hydrogen) atoms. The van der Waals surface area contributed by atoms with E-state index in [0.717, 1.165) is 32.4 Å². The monoisotopic (exact) mass is 236 g/mol. The van der Waals surface area contributed by atoms with Crippen molar-refractivity contribution < 1.29 is 0 Å². The second-order valence-corrected chi connectivity index (χ2v) is 5.52. The molecule has 1 fully saturated rings. The number of nitrogens with two attached hydrogens (primary N) is 1. The Kier molecular flexibility index (Phi) is 3.72. The van der Waals surface area contributed by atoms with Gasteiger partial charge in [-0.15, -0.1) is 0 Å². The maximum absolute atomic E-state index is 5.95. The van der Waals surface area contributed by atoms with Crippen LogP contribution in [0, 0.1) is 5.92 Å². The van der Waals surface area contributed by atoms with E-state index >= 15 is 0 Å². The zero-order valence-corrected chi connectivity index (χ0v) is 11.2. The summed E-state index contributed by atoms with van der Waals surface area (Å²) < 4.78 is 2.02. The summed E-state index contributed by atoms with van der Waals surface area (Å²) in [6, 6.07) is 0.386. The molecule has 2 rings (SSSR count). The van der Waals surface area contributed by atoms with E-state index in [2.05, 4.69) is 23.8 Å². The summed E-state index contributed by atoms with van der Waals surface area (Å²) in [5.74, 6) is 0.663. The quantitative estimate of drug-likeness (QED) is 0.866. The molecule has 96 valence electrons. The van der Waals surface area contributed by atoms with Crippen molar-refractivity contribution in [1.82, 2.24) is 9.78 Å². The molecule has 0 amide bonds. The number of nitrogens with zero attached hydrogens (tertiary/aromatic N) is 3. The van der Waals surface area contributed by atoms with Crippen molar-refractivity contribution in [3.63, 3.8) is 0 Å². The van der Waals surface area contributed by atoms with Gasteiger partial charge in [-0.3, -0.25) is 4.68 Å². The molecule has 0 saturated carbocycles. The average molecular weight is 236 g/mol. The molecule has 1 aliphatic rings. The number of anilines is 1. The smallest absolute Gasteiger partial charge is 0.0785 e. The van der Waals surface area contributed by atoms with Crippen LogP contribution in [0.5, 0.6) is 0 Å². The summed E-state index contributed by atoms with van der Waals surface area (Å²) in [6.07, 6.45) is 5.29. The fraction of sp³-hybridized carbons (Fsp3) is 0.769. The molecule has 0 aliphatic carbocycles. The van der Waals surface area contributed by atoms with Gasteiger partial charge in [-0.05, 0) is 25.2 Å². The van der Waals surface area contributed by atoms with E-state index in [9.17, 15) is 0 Å². The van der Waals surface area contributed by atoms with Gasteiger partial charge in [0.15, 0.2) is 0 Å². The summed E-state index contributed by atoms with van der Waals surface area (Å²) in [6.45, 7) is 6.64. The van der Waals surface area contributed by atoms with E-state index in [1.807, 2.05) is 17.9 Å². The predicted octanol–water partition coefficient (Wildman–Crippen LogP) is 1.55. The van der Waals surface area contributed by atoms with Crippen LogP contribution in [0.4, 0.5) is 5.69 Å². The average Bonchev–Trinajstić information content (AvgIpc) is 2.61. The molecule has 1 saturated heterocycles. The Morgan fingerprint density at radius 3 is 2.65 bits per heavy atom. The molecule has 0 unspecified atom stereocenters. The minimum atomic E-state index is 0.386. The SMILES string of the molecule is CC(C)Cc1c(N2CCC(N)CC2)cnn1C. The van der Waals surface area contributed by atoms with Gasteiger partial charge in [-0.2, -0.15) is 5.10 Å². The first-order chi connectivity index (χ1) is 8.08. The van der Waals surface area contributed by atoms with Crippen molar-refractivity contribution in [2.45, 2.75) is 39.2 Å². The van der Waals surface area contributed by atoms with E-state index in [-0.39, 0.29) is 0 Å². The number of aromatic nitrogens is 2. The van der Waals surface area contributed by atoms with Crippen molar-refractivity contribution in [3.8, 4) is 0 Å². The number of hydrogen-bond acceptors (Lipinski definition) is 3. The van der Waals surface area contributed by atoms with Gasteiger partial charge < -0.3 is 10.6 Å². The summed E-state index contributed by atoms with van der Waals surface area (Å²) in [5.41, 5.74) is 8.62. The molecule has 0 aromatic carbocycles. The van der Waals surface area contributed by atoms with E-state index in [1.165, 1.54) is 11.4 Å². The molecule has 0 bridgehead atoms. The summed E-state index contributed by atoms with van der Waals surface area (Å²) >= 11 is 0. The topological polar surface area (TPSA) is 47.1 Å². The third-order valence-corrected chi connectivity index (χ3v) is 3.52. The largest absolute Gasteiger partial charge is 0.369 e. The highest BCUT2D eigenvalue weighted by Crippen LogP contribution is 2.25. The van der Waals surface area contributed by atoms with Gasteiger partial charge >= 0.3 is 0 Å². The van der Waals surface area contributed by atoms with Crippen LogP contribution in [0.25, 0.3) is 0 Å². The maximum Gasteiger partial charge on any atom is 0.0785 e. The summed E-state index contributed by atoms with van der Waals surface area (Å²) in [5, 5.41) is 4.41. The number of rotatable bonds is 3. The second kappa shape index (κ2) is 5.08. The Morgan fingerprint density at radius 1 is 1.41 bits per heavy atom. The molecule has 0 spiro atoms. The van der Waals surface area contributed by atoms with Gasteiger partial charge in [0, 0.05) is 26.2 Å². The molecule has 0 radical (unpaired) electrons. The lowest BCUT2D eigenvalue weighted by molar-refractivity contribution is 0.498. The van der Waals surface area contributed by atoms with Crippen molar-refractivity contribution in [2.75, 3.05) is 18.0 Å². The predicted molar refractivity (Wildman–Crippen MR) is 71.2 cm³/mol. The number of piperidine rings is 1. The van der Waals surface area contributed by atoms with Gasteiger partial charge in [0.2, 0.25) is 0 Å². The molecule has 1 aliphatic heterocycles. The lowest BCUT2D eigenvalue weighted by Gasteiger charge is -2.32. The molecular weight excluding hydrogens is 212 g/mol. The molecule has 2 heterocycles. The molecule has 0 atom stereocenters. The van der Waals surface area contributed by atoms with E-state index in [4.69, 9.17) is 5.73 Å².